The van der Waals surface area contributed by atoms with Crippen LogP contribution in [0.1, 0.15) is 26.7 Å². The van der Waals surface area contributed by atoms with Crippen molar-refractivity contribution in [2.45, 2.75) is 26.7 Å². The van der Waals surface area contributed by atoms with Gasteiger partial charge in [0, 0.05) is 26.1 Å². The van der Waals surface area contributed by atoms with Crippen molar-refractivity contribution >= 4 is 17.9 Å². The summed E-state index contributed by atoms with van der Waals surface area (Å²) >= 11 is 0. The molecule has 0 heterocycles. The predicted molar refractivity (Wildman–Crippen MR) is 66.1 cm³/mol. The number of rotatable bonds is 8. The average molecular weight is 259 g/mol. The van der Waals surface area contributed by atoms with Crippen LogP contribution in [0.5, 0.6) is 0 Å². The molecule has 1 atom stereocenters. The topological polar surface area (TPSA) is 108 Å². The van der Waals surface area contributed by atoms with Gasteiger partial charge in [-0.1, -0.05) is 6.92 Å². The van der Waals surface area contributed by atoms with Crippen LogP contribution in [0.2, 0.25) is 0 Å². The number of carbonyl (C=O) groups excluding carboxylic acids is 2. The van der Waals surface area contributed by atoms with Crippen LogP contribution in [0.3, 0.4) is 0 Å². The van der Waals surface area contributed by atoms with Crippen LogP contribution in [0.15, 0.2) is 0 Å². The van der Waals surface area contributed by atoms with E-state index in [1.54, 1.807) is 6.92 Å². The third-order valence-electron chi connectivity index (χ3n) is 2.36. The van der Waals surface area contributed by atoms with Crippen molar-refractivity contribution < 1.29 is 19.5 Å². The summed E-state index contributed by atoms with van der Waals surface area (Å²) in [6, 6.07) is -0.459. The van der Waals surface area contributed by atoms with Crippen molar-refractivity contribution in [1.82, 2.24) is 16.0 Å². The normalized spacial score (nSPS) is 11.4. The van der Waals surface area contributed by atoms with E-state index in [2.05, 4.69) is 16.0 Å². The lowest BCUT2D eigenvalue weighted by atomic mass is 10.1. The Morgan fingerprint density at radius 2 is 1.78 bits per heavy atom. The van der Waals surface area contributed by atoms with E-state index in [-0.39, 0.29) is 25.4 Å². The Morgan fingerprint density at radius 3 is 2.28 bits per heavy atom. The maximum absolute atomic E-state index is 11.3. The van der Waals surface area contributed by atoms with Crippen LogP contribution in [-0.2, 0) is 9.59 Å². The van der Waals surface area contributed by atoms with Gasteiger partial charge in [0.1, 0.15) is 0 Å². The predicted octanol–water partition coefficient (Wildman–Crippen LogP) is -0.0774. The Morgan fingerprint density at radius 1 is 1.11 bits per heavy atom. The molecule has 0 aliphatic rings. The van der Waals surface area contributed by atoms with E-state index in [0.717, 1.165) is 0 Å². The number of amides is 3. The first-order valence-corrected chi connectivity index (χ1v) is 6.02. The highest BCUT2D eigenvalue weighted by molar-refractivity contribution is 5.78. The summed E-state index contributed by atoms with van der Waals surface area (Å²) in [7, 11) is 0. The first-order valence-electron chi connectivity index (χ1n) is 6.02. The Balaban J connectivity index is 3.71. The van der Waals surface area contributed by atoms with Crippen molar-refractivity contribution in [3.05, 3.63) is 0 Å². The lowest BCUT2D eigenvalue weighted by Crippen LogP contribution is -2.41. The fourth-order valence-corrected chi connectivity index (χ4v) is 1.26. The minimum atomic E-state index is -0.930. The van der Waals surface area contributed by atoms with Gasteiger partial charge in [-0.25, -0.2) is 4.79 Å². The van der Waals surface area contributed by atoms with E-state index in [1.807, 2.05) is 6.92 Å². The van der Waals surface area contributed by atoms with Crippen LogP contribution in [0, 0.1) is 5.92 Å². The third-order valence-corrected chi connectivity index (χ3v) is 2.36. The fourth-order valence-electron chi connectivity index (χ4n) is 1.26. The van der Waals surface area contributed by atoms with Gasteiger partial charge in [-0.05, 0) is 13.3 Å². The summed E-state index contributed by atoms with van der Waals surface area (Å²) in [6.07, 6.45) is 0.659. The number of carbonyl (C=O) groups is 3. The number of hydrogen-bond acceptors (Lipinski definition) is 3. The Labute approximate surface area is 106 Å². The molecule has 104 valence electrons. The molecule has 0 aliphatic heterocycles. The average Bonchev–Trinajstić information content (AvgIpc) is 2.29. The molecule has 3 amide bonds. The largest absolute Gasteiger partial charge is 0.481 e. The van der Waals surface area contributed by atoms with Crippen LogP contribution < -0.4 is 16.0 Å². The highest BCUT2D eigenvalue weighted by Gasteiger charge is 2.15. The molecule has 4 N–H and O–H groups in total. The van der Waals surface area contributed by atoms with Gasteiger partial charge in [0.2, 0.25) is 5.91 Å². The van der Waals surface area contributed by atoms with Crippen LogP contribution in [0.25, 0.3) is 0 Å². The zero-order valence-electron chi connectivity index (χ0n) is 10.8. The molecular weight excluding hydrogens is 238 g/mol. The summed E-state index contributed by atoms with van der Waals surface area (Å²) in [5, 5.41) is 16.3. The zero-order chi connectivity index (χ0) is 14.0. The summed E-state index contributed by atoms with van der Waals surface area (Å²) in [6.45, 7) is 4.42. The van der Waals surface area contributed by atoms with E-state index >= 15 is 0 Å². The molecule has 18 heavy (non-hydrogen) atoms. The van der Waals surface area contributed by atoms with Gasteiger partial charge in [0.05, 0.1) is 5.92 Å². The third kappa shape index (κ3) is 7.48. The Hall–Kier alpha value is -1.79. The second kappa shape index (κ2) is 9.26. The van der Waals surface area contributed by atoms with Crippen molar-refractivity contribution in [3.8, 4) is 0 Å². The Kier molecular flexibility index (Phi) is 8.34. The smallest absolute Gasteiger partial charge is 0.314 e. The molecule has 0 radical (unpaired) electrons. The highest BCUT2D eigenvalue weighted by atomic mass is 16.4. The molecule has 0 aromatic rings. The Bertz CT molecular complexity index is 294. The molecular formula is C11H21N3O4. The van der Waals surface area contributed by atoms with E-state index in [0.29, 0.717) is 13.0 Å². The quantitative estimate of drug-likeness (QED) is 0.489. The van der Waals surface area contributed by atoms with E-state index in [4.69, 9.17) is 5.11 Å². The monoisotopic (exact) mass is 259 g/mol. The van der Waals surface area contributed by atoms with Crippen molar-refractivity contribution in [2.24, 2.45) is 5.92 Å². The minimum absolute atomic E-state index is 0.0822. The minimum Gasteiger partial charge on any atom is -0.481 e. The summed E-state index contributed by atoms with van der Waals surface area (Å²) in [5.74, 6) is -1.64. The molecule has 1 unspecified atom stereocenters. The summed E-state index contributed by atoms with van der Waals surface area (Å²) < 4.78 is 0. The van der Waals surface area contributed by atoms with Crippen LogP contribution in [-0.4, -0.2) is 42.6 Å². The van der Waals surface area contributed by atoms with Crippen LogP contribution >= 0.6 is 0 Å². The van der Waals surface area contributed by atoms with E-state index in [9.17, 15) is 14.4 Å². The van der Waals surface area contributed by atoms with Gasteiger partial charge < -0.3 is 21.1 Å². The SMILES string of the molecule is CCNC(=O)CCNC(=O)NCC(CC)C(=O)O. The van der Waals surface area contributed by atoms with E-state index < -0.39 is 17.9 Å². The van der Waals surface area contributed by atoms with Crippen molar-refractivity contribution in [1.29, 1.82) is 0 Å². The first-order chi connectivity index (χ1) is 8.51. The number of hydrogen-bond donors (Lipinski definition) is 4. The maximum atomic E-state index is 11.3. The second-order valence-electron chi connectivity index (χ2n) is 3.78. The number of carboxylic acids is 1. The lowest BCUT2D eigenvalue weighted by Gasteiger charge is -2.11. The van der Waals surface area contributed by atoms with Gasteiger partial charge >= 0.3 is 12.0 Å². The summed E-state index contributed by atoms with van der Waals surface area (Å²) in [4.78, 5) is 33.0. The fraction of sp³-hybridized carbons (Fsp3) is 0.727. The summed E-state index contributed by atoms with van der Waals surface area (Å²) in [5.41, 5.74) is 0. The molecule has 0 aromatic carbocycles. The second-order valence-corrected chi connectivity index (χ2v) is 3.78. The number of carboxylic acid groups (broad SMARTS) is 1. The molecule has 0 aliphatic carbocycles. The molecule has 7 nitrogen and oxygen atoms in total. The molecule has 7 heteroatoms. The number of aliphatic carboxylic acids is 1. The maximum Gasteiger partial charge on any atom is 0.314 e. The van der Waals surface area contributed by atoms with Crippen molar-refractivity contribution in [3.63, 3.8) is 0 Å². The standard InChI is InChI=1S/C11H21N3O4/c1-3-8(10(16)17)7-14-11(18)13-6-5-9(15)12-4-2/h8H,3-7H2,1-2H3,(H,12,15)(H,16,17)(H2,13,14,18). The molecule has 0 fully saturated rings. The number of urea groups is 1. The highest BCUT2D eigenvalue weighted by Crippen LogP contribution is 1.99. The lowest BCUT2D eigenvalue weighted by molar-refractivity contribution is -0.141. The zero-order valence-corrected chi connectivity index (χ0v) is 10.8. The number of nitrogens with one attached hydrogen (secondary N) is 3. The van der Waals surface area contributed by atoms with Gasteiger partial charge in [0.15, 0.2) is 0 Å². The first kappa shape index (κ1) is 16.2. The van der Waals surface area contributed by atoms with E-state index in [1.165, 1.54) is 0 Å². The molecule has 0 aromatic heterocycles. The molecule has 0 bridgehead atoms. The van der Waals surface area contributed by atoms with Gasteiger partial charge in [-0.15, -0.1) is 0 Å². The molecule has 0 spiro atoms. The van der Waals surface area contributed by atoms with Gasteiger partial charge in [0.25, 0.3) is 0 Å². The van der Waals surface area contributed by atoms with Crippen molar-refractivity contribution in [2.75, 3.05) is 19.6 Å². The molecule has 0 saturated heterocycles. The molecule has 0 saturated carbocycles. The molecule has 0 rings (SSSR count). The van der Waals surface area contributed by atoms with Gasteiger partial charge in [-0.2, -0.15) is 0 Å². The van der Waals surface area contributed by atoms with Crippen LogP contribution in [0.4, 0.5) is 4.79 Å². The van der Waals surface area contributed by atoms with Gasteiger partial charge in [-0.3, -0.25) is 9.59 Å².